The first kappa shape index (κ1) is 16.6. The van der Waals surface area contributed by atoms with Gasteiger partial charge in [-0.15, -0.1) is 0 Å². The summed E-state index contributed by atoms with van der Waals surface area (Å²) in [5, 5.41) is 23.0. The van der Waals surface area contributed by atoms with Crippen molar-refractivity contribution in [2.75, 3.05) is 17.6 Å². The van der Waals surface area contributed by atoms with E-state index < -0.39 is 16.1 Å². The molecular weight excluding hydrogens is 276 g/mol. The molecule has 0 aliphatic rings. The first-order chi connectivity index (χ1) is 8.80. The highest BCUT2D eigenvalue weighted by Crippen LogP contribution is 2.23. The summed E-state index contributed by atoms with van der Waals surface area (Å²) >= 11 is 0. The van der Waals surface area contributed by atoms with Gasteiger partial charge in [-0.25, -0.2) is 0 Å². The predicted molar refractivity (Wildman–Crippen MR) is 64.9 cm³/mol. The van der Waals surface area contributed by atoms with Crippen molar-refractivity contribution in [1.82, 2.24) is 0 Å². The largest absolute Gasteiger partial charge is 0.481 e. The summed E-state index contributed by atoms with van der Waals surface area (Å²) < 4.78 is 31.0. The van der Waals surface area contributed by atoms with Crippen molar-refractivity contribution >= 4 is 27.5 Å². The second kappa shape index (κ2) is 7.14. The first-order valence-electron chi connectivity index (χ1n) is 4.83. The van der Waals surface area contributed by atoms with Gasteiger partial charge in [0.15, 0.2) is 0 Å². The maximum Gasteiger partial charge on any atom is 0.305 e. The Labute approximate surface area is 109 Å². The molecule has 1 aromatic carbocycles. The highest BCUT2D eigenvalue weighted by molar-refractivity contribution is 7.86. The van der Waals surface area contributed by atoms with Crippen LogP contribution in [0.1, 0.15) is 6.42 Å². The molecule has 0 aliphatic carbocycles. The van der Waals surface area contributed by atoms with Crippen LogP contribution in [-0.4, -0.2) is 30.6 Å². The average Bonchev–Trinajstić information content (AvgIpc) is 2.29. The second-order valence-electron chi connectivity index (χ2n) is 3.30. The number of anilines is 2. The normalized spacial score (nSPS) is 10.1. The zero-order chi connectivity index (χ0) is 15.1. The number of aliphatic carboxylic acids is 1. The van der Waals surface area contributed by atoms with Crippen LogP contribution in [0.25, 0.3) is 0 Å². The average molecular weight is 288 g/mol. The van der Waals surface area contributed by atoms with Gasteiger partial charge in [-0.2, -0.15) is 8.42 Å². The summed E-state index contributed by atoms with van der Waals surface area (Å²) in [7, 11) is -4.37. The minimum absolute atomic E-state index is 0.0291. The van der Waals surface area contributed by atoms with E-state index in [2.05, 4.69) is 5.32 Å². The number of nitrogens with two attached hydrogens (primary N) is 1. The van der Waals surface area contributed by atoms with E-state index in [-0.39, 0.29) is 23.5 Å². The van der Waals surface area contributed by atoms with E-state index in [1.54, 1.807) is 0 Å². The second-order valence-corrected chi connectivity index (χ2v) is 4.69. The Morgan fingerprint density at radius 1 is 1.37 bits per heavy atom. The number of nitrogens with one attached hydrogen (secondary N) is 1. The summed E-state index contributed by atoms with van der Waals surface area (Å²) in [6.45, 7) is 0.0291. The zero-order valence-electron chi connectivity index (χ0n) is 9.65. The standard InChI is InChI=1S/C9H12N2O5S.N2/c10-6-1-2-8(17(14,15)16)7(5-6)11-4-3-9(12)13;1-2/h1-2,5,11H,3-4,10H2,(H,12,13)(H,14,15,16);. The summed E-state index contributed by atoms with van der Waals surface area (Å²) in [5.74, 6) is -1.02. The number of carbonyl (C=O) groups is 1. The molecule has 10 heteroatoms. The molecule has 5 N–H and O–H groups in total. The van der Waals surface area contributed by atoms with Gasteiger partial charge in [-0.1, -0.05) is 0 Å². The Hall–Kier alpha value is -2.38. The van der Waals surface area contributed by atoms with E-state index >= 15 is 0 Å². The van der Waals surface area contributed by atoms with Crippen LogP contribution in [-0.2, 0) is 14.9 Å². The first-order valence-corrected chi connectivity index (χ1v) is 6.27. The van der Waals surface area contributed by atoms with Crippen LogP contribution in [0.3, 0.4) is 0 Å². The SMILES string of the molecule is N#N.Nc1ccc(S(=O)(=O)O)c(NCCC(=O)O)c1. The molecule has 0 saturated carbocycles. The van der Waals surface area contributed by atoms with Crippen LogP contribution >= 0.6 is 0 Å². The maximum atomic E-state index is 11.0. The Balaban J connectivity index is 0.00000154. The number of nitrogens with zero attached hydrogens (tertiary/aromatic N) is 2. The molecule has 0 heterocycles. The molecule has 0 bridgehead atoms. The van der Waals surface area contributed by atoms with Crippen molar-refractivity contribution in [2.24, 2.45) is 0 Å². The fourth-order valence-electron chi connectivity index (χ4n) is 1.21. The van der Waals surface area contributed by atoms with E-state index in [9.17, 15) is 13.2 Å². The smallest absolute Gasteiger partial charge is 0.305 e. The third-order valence-electron chi connectivity index (χ3n) is 1.94. The third kappa shape index (κ3) is 5.66. The molecule has 9 nitrogen and oxygen atoms in total. The Morgan fingerprint density at radius 2 is 1.95 bits per heavy atom. The fraction of sp³-hybridized carbons (Fsp3) is 0.222. The van der Waals surface area contributed by atoms with Gasteiger partial charge in [0, 0.05) is 23.0 Å². The number of benzene rings is 1. The molecule has 0 atom stereocenters. The highest BCUT2D eigenvalue weighted by atomic mass is 32.2. The molecule has 0 aliphatic heterocycles. The summed E-state index contributed by atoms with van der Waals surface area (Å²) in [5.41, 5.74) is 5.85. The lowest BCUT2D eigenvalue weighted by molar-refractivity contribution is -0.136. The van der Waals surface area contributed by atoms with Gasteiger partial charge >= 0.3 is 5.97 Å². The van der Waals surface area contributed by atoms with E-state index in [1.807, 2.05) is 0 Å². The number of rotatable bonds is 5. The van der Waals surface area contributed by atoms with Gasteiger partial charge < -0.3 is 16.2 Å². The number of carboxylic acids is 1. The van der Waals surface area contributed by atoms with E-state index in [1.165, 1.54) is 12.1 Å². The van der Waals surface area contributed by atoms with Gasteiger partial charge in [-0.3, -0.25) is 9.35 Å². The van der Waals surface area contributed by atoms with Crippen LogP contribution in [0.2, 0.25) is 0 Å². The Kier molecular flexibility index (Phi) is 6.25. The van der Waals surface area contributed by atoms with Crippen LogP contribution < -0.4 is 11.1 Å². The Bertz CT molecular complexity index is 569. The van der Waals surface area contributed by atoms with E-state index in [0.29, 0.717) is 5.69 Å². The van der Waals surface area contributed by atoms with Crippen molar-refractivity contribution in [3.05, 3.63) is 18.2 Å². The van der Waals surface area contributed by atoms with Crippen molar-refractivity contribution < 1.29 is 22.9 Å². The molecule has 0 unspecified atom stereocenters. The predicted octanol–water partition coefficient (Wildman–Crippen LogP) is 0.432. The quantitative estimate of drug-likeness (QED) is 0.339. The van der Waals surface area contributed by atoms with Gasteiger partial charge in [0.1, 0.15) is 4.90 Å². The molecule has 0 radical (unpaired) electrons. The lowest BCUT2D eigenvalue weighted by Crippen LogP contribution is -2.11. The summed E-state index contributed by atoms with van der Waals surface area (Å²) in [6.07, 6.45) is -0.181. The lowest BCUT2D eigenvalue weighted by atomic mass is 10.2. The van der Waals surface area contributed by atoms with Gasteiger partial charge in [0.05, 0.1) is 12.1 Å². The van der Waals surface area contributed by atoms with Gasteiger partial charge in [-0.05, 0) is 18.2 Å². The number of hydrogen-bond donors (Lipinski definition) is 4. The molecule has 104 valence electrons. The minimum atomic E-state index is -4.37. The van der Waals surface area contributed by atoms with Crippen LogP contribution in [0.15, 0.2) is 23.1 Å². The molecule has 0 spiro atoms. The van der Waals surface area contributed by atoms with E-state index in [4.69, 9.17) is 26.2 Å². The molecule has 1 rings (SSSR count). The summed E-state index contributed by atoms with van der Waals surface area (Å²) in [4.78, 5) is 9.97. The number of carboxylic acid groups (broad SMARTS) is 1. The summed E-state index contributed by atoms with van der Waals surface area (Å²) in [6, 6.07) is 3.78. The number of hydrogen-bond acceptors (Lipinski definition) is 7. The van der Waals surface area contributed by atoms with Crippen LogP contribution in [0, 0.1) is 10.8 Å². The minimum Gasteiger partial charge on any atom is -0.481 e. The lowest BCUT2D eigenvalue weighted by Gasteiger charge is -2.09. The molecular formula is C9H12N4O5S. The van der Waals surface area contributed by atoms with Crippen molar-refractivity contribution in [1.29, 1.82) is 10.8 Å². The molecule has 0 amide bonds. The topological polar surface area (TPSA) is 177 Å². The van der Waals surface area contributed by atoms with Crippen LogP contribution in [0.4, 0.5) is 11.4 Å². The molecule has 0 saturated heterocycles. The van der Waals surface area contributed by atoms with Crippen molar-refractivity contribution in [2.45, 2.75) is 11.3 Å². The molecule has 19 heavy (non-hydrogen) atoms. The zero-order valence-corrected chi connectivity index (χ0v) is 10.5. The van der Waals surface area contributed by atoms with E-state index in [0.717, 1.165) is 6.07 Å². The monoisotopic (exact) mass is 288 g/mol. The maximum absolute atomic E-state index is 11.0. The van der Waals surface area contributed by atoms with Gasteiger partial charge in [0.25, 0.3) is 10.1 Å². The highest BCUT2D eigenvalue weighted by Gasteiger charge is 2.15. The third-order valence-corrected chi connectivity index (χ3v) is 2.85. The molecule has 0 aromatic heterocycles. The fourth-order valence-corrected chi connectivity index (χ4v) is 1.86. The molecule has 0 fully saturated rings. The molecule has 1 aromatic rings. The van der Waals surface area contributed by atoms with Crippen LogP contribution in [0.5, 0.6) is 0 Å². The van der Waals surface area contributed by atoms with Crippen molar-refractivity contribution in [3.8, 4) is 0 Å². The number of nitrogen functional groups attached to an aromatic ring is 1. The Morgan fingerprint density at radius 3 is 2.42 bits per heavy atom. The van der Waals surface area contributed by atoms with Gasteiger partial charge in [0.2, 0.25) is 0 Å². The van der Waals surface area contributed by atoms with Crippen molar-refractivity contribution in [3.63, 3.8) is 0 Å².